The summed E-state index contributed by atoms with van der Waals surface area (Å²) in [7, 11) is 4.37. The van der Waals surface area contributed by atoms with Gasteiger partial charge in [0, 0.05) is 25.2 Å². The van der Waals surface area contributed by atoms with E-state index in [2.05, 4.69) is 43.1 Å². The summed E-state index contributed by atoms with van der Waals surface area (Å²) in [6.45, 7) is 9.43. The van der Waals surface area contributed by atoms with Crippen molar-refractivity contribution in [3.8, 4) is 0 Å². The molecule has 0 aromatic carbocycles. The minimum absolute atomic E-state index is 0.678. The average Bonchev–Trinajstić information content (AvgIpc) is 2.70. The second kappa shape index (κ2) is 8.06. The first kappa shape index (κ1) is 14.9. The van der Waals surface area contributed by atoms with Gasteiger partial charge in [-0.3, -0.25) is 4.90 Å². The van der Waals surface area contributed by atoms with Crippen molar-refractivity contribution >= 4 is 0 Å². The van der Waals surface area contributed by atoms with Crippen LogP contribution in [0.5, 0.6) is 0 Å². The fourth-order valence-electron chi connectivity index (χ4n) is 2.73. The van der Waals surface area contributed by atoms with Gasteiger partial charge in [-0.25, -0.2) is 0 Å². The molecule has 0 saturated carbocycles. The smallest absolute Gasteiger partial charge is 0.0224 e. The molecule has 0 spiro atoms. The molecule has 1 aliphatic rings. The van der Waals surface area contributed by atoms with Crippen molar-refractivity contribution in [2.24, 2.45) is 0 Å². The van der Waals surface area contributed by atoms with Crippen LogP contribution in [0.2, 0.25) is 0 Å². The minimum atomic E-state index is 0.678. The van der Waals surface area contributed by atoms with Crippen LogP contribution in [0, 0.1) is 0 Å². The van der Waals surface area contributed by atoms with E-state index in [-0.39, 0.29) is 0 Å². The molecule has 0 aliphatic carbocycles. The summed E-state index contributed by atoms with van der Waals surface area (Å²) in [6, 6.07) is 1.46. The zero-order valence-corrected chi connectivity index (χ0v) is 12.2. The van der Waals surface area contributed by atoms with Crippen LogP contribution in [-0.4, -0.2) is 62.2 Å². The largest absolute Gasteiger partial charge is 0.313 e. The summed E-state index contributed by atoms with van der Waals surface area (Å²) in [5.74, 6) is 0. The number of hydrogen-bond donors (Lipinski definition) is 1. The van der Waals surface area contributed by atoms with Gasteiger partial charge in [0.05, 0.1) is 0 Å². The van der Waals surface area contributed by atoms with E-state index in [0.29, 0.717) is 6.04 Å². The zero-order valence-electron chi connectivity index (χ0n) is 12.2. The van der Waals surface area contributed by atoms with Gasteiger partial charge in [0.1, 0.15) is 0 Å². The molecule has 0 aromatic rings. The summed E-state index contributed by atoms with van der Waals surface area (Å²) in [4.78, 5) is 5.01. The zero-order chi connectivity index (χ0) is 12.7. The van der Waals surface area contributed by atoms with Crippen molar-refractivity contribution in [2.75, 3.05) is 40.3 Å². The summed E-state index contributed by atoms with van der Waals surface area (Å²) >= 11 is 0. The standard InChI is InChI=1S/C14H31N3/c1-5-9-15-13(6-2)11-17-10-7-8-14(17)12-16(3)4/h13-15H,5-12H2,1-4H3. The van der Waals surface area contributed by atoms with E-state index in [9.17, 15) is 0 Å². The molecular formula is C14H31N3. The highest BCUT2D eigenvalue weighted by Crippen LogP contribution is 2.18. The number of likely N-dealkylation sites (N-methyl/N-ethyl adjacent to an activating group) is 1. The van der Waals surface area contributed by atoms with Gasteiger partial charge in [0.15, 0.2) is 0 Å². The van der Waals surface area contributed by atoms with Crippen molar-refractivity contribution in [3.05, 3.63) is 0 Å². The van der Waals surface area contributed by atoms with Crippen LogP contribution in [0.15, 0.2) is 0 Å². The van der Waals surface area contributed by atoms with E-state index in [1.54, 1.807) is 0 Å². The molecule has 3 nitrogen and oxygen atoms in total. The fourth-order valence-corrected chi connectivity index (χ4v) is 2.73. The van der Waals surface area contributed by atoms with Gasteiger partial charge >= 0.3 is 0 Å². The average molecular weight is 241 g/mol. The second-order valence-corrected chi connectivity index (χ2v) is 5.61. The Morgan fingerprint density at radius 2 is 2.12 bits per heavy atom. The SMILES string of the molecule is CCCNC(CC)CN1CCCC1CN(C)C. The predicted molar refractivity (Wildman–Crippen MR) is 75.5 cm³/mol. The molecule has 1 fully saturated rings. The number of nitrogens with zero attached hydrogens (tertiary/aromatic N) is 2. The lowest BCUT2D eigenvalue weighted by molar-refractivity contribution is 0.188. The summed E-state index contributed by atoms with van der Waals surface area (Å²) in [6.07, 6.45) is 5.23. The van der Waals surface area contributed by atoms with E-state index in [0.717, 1.165) is 12.6 Å². The van der Waals surface area contributed by atoms with Gasteiger partial charge in [-0.15, -0.1) is 0 Å². The van der Waals surface area contributed by atoms with Gasteiger partial charge in [0.2, 0.25) is 0 Å². The van der Waals surface area contributed by atoms with E-state index in [1.807, 2.05) is 0 Å². The van der Waals surface area contributed by atoms with E-state index < -0.39 is 0 Å². The molecule has 0 amide bonds. The van der Waals surface area contributed by atoms with Crippen LogP contribution in [-0.2, 0) is 0 Å². The van der Waals surface area contributed by atoms with Crippen molar-refractivity contribution in [1.29, 1.82) is 0 Å². The highest BCUT2D eigenvalue weighted by molar-refractivity contribution is 4.84. The van der Waals surface area contributed by atoms with Crippen LogP contribution in [0.3, 0.4) is 0 Å². The lowest BCUT2D eigenvalue weighted by Crippen LogP contribution is -2.45. The number of hydrogen-bond acceptors (Lipinski definition) is 3. The van der Waals surface area contributed by atoms with E-state index >= 15 is 0 Å². The lowest BCUT2D eigenvalue weighted by atomic mass is 10.1. The Morgan fingerprint density at radius 1 is 1.35 bits per heavy atom. The Balaban J connectivity index is 2.36. The Kier molecular flexibility index (Phi) is 7.09. The topological polar surface area (TPSA) is 18.5 Å². The summed E-state index contributed by atoms with van der Waals surface area (Å²) in [5, 5.41) is 3.66. The van der Waals surface area contributed by atoms with E-state index in [1.165, 1.54) is 45.3 Å². The van der Waals surface area contributed by atoms with Gasteiger partial charge in [0.25, 0.3) is 0 Å². The summed E-state index contributed by atoms with van der Waals surface area (Å²) in [5.41, 5.74) is 0. The molecule has 2 unspecified atom stereocenters. The van der Waals surface area contributed by atoms with Crippen molar-refractivity contribution in [3.63, 3.8) is 0 Å². The second-order valence-electron chi connectivity index (χ2n) is 5.61. The maximum Gasteiger partial charge on any atom is 0.0224 e. The van der Waals surface area contributed by atoms with E-state index in [4.69, 9.17) is 0 Å². The van der Waals surface area contributed by atoms with Crippen molar-refractivity contribution in [2.45, 2.75) is 51.6 Å². The molecule has 0 bridgehead atoms. The van der Waals surface area contributed by atoms with Gasteiger partial charge in [-0.2, -0.15) is 0 Å². The molecule has 3 heteroatoms. The molecule has 0 radical (unpaired) electrons. The molecule has 1 N–H and O–H groups in total. The molecular weight excluding hydrogens is 210 g/mol. The number of likely N-dealkylation sites (tertiary alicyclic amines) is 1. The monoisotopic (exact) mass is 241 g/mol. The highest BCUT2D eigenvalue weighted by Gasteiger charge is 2.26. The lowest BCUT2D eigenvalue weighted by Gasteiger charge is -2.30. The molecule has 2 atom stereocenters. The third-order valence-corrected chi connectivity index (χ3v) is 3.71. The quantitative estimate of drug-likeness (QED) is 0.699. The van der Waals surface area contributed by atoms with Gasteiger partial charge in [-0.1, -0.05) is 13.8 Å². The maximum absolute atomic E-state index is 3.66. The maximum atomic E-state index is 3.66. The minimum Gasteiger partial charge on any atom is -0.313 e. The third-order valence-electron chi connectivity index (χ3n) is 3.71. The molecule has 1 rings (SSSR count). The number of rotatable bonds is 8. The first-order chi connectivity index (χ1) is 8.17. The van der Waals surface area contributed by atoms with Crippen molar-refractivity contribution in [1.82, 2.24) is 15.1 Å². The molecule has 102 valence electrons. The fraction of sp³-hybridized carbons (Fsp3) is 1.00. The van der Waals surface area contributed by atoms with Gasteiger partial charge in [-0.05, 0) is 52.9 Å². The van der Waals surface area contributed by atoms with Crippen LogP contribution < -0.4 is 5.32 Å². The van der Waals surface area contributed by atoms with Gasteiger partial charge < -0.3 is 10.2 Å². The Morgan fingerprint density at radius 3 is 2.71 bits per heavy atom. The molecule has 0 aromatic heterocycles. The van der Waals surface area contributed by atoms with Crippen LogP contribution >= 0.6 is 0 Å². The molecule has 1 aliphatic heterocycles. The molecule has 1 heterocycles. The Hall–Kier alpha value is -0.120. The number of nitrogens with one attached hydrogen (secondary N) is 1. The normalized spacial score (nSPS) is 23.5. The Labute approximate surface area is 108 Å². The van der Waals surface area contributed by atoms with Crippen molar-refractivity contribution < 1.29 is 0 Å². The first-order valence-electron chi connectivity index (χ1n) is 7.29. The summed E-state index contributed by atoms with van der Waals surface area (Å²) < 4.78 is 0. The predicted octanol–water partition coefficient (Wildman–Crippen LogP) is 1.79. The van der Waals surface area contributed by atoms with Crippen LogP contribution in [0.1, 0.15) is 39.5 Å². The third kappa shape index (κ3) is 5.36. The molecule has 17 heavy (non-hydrogen) atoms. The molecule has 1 saturated heterocycles. The first-order valence-corrected chi connectivity index (χ1v) is 7.29. The Bertz CT molecular complexity index is 194. The highest BCUT2D eigenvalue weighted by atomic mass is 15.2. The van der Waals surface area contributed by atoms with Crippen LogP contribution in [0.25, 0.3) is 0 Å². The van der Waals surface area contributed by atoms with Crippen LogP contribution in [0.4, 0.5) is 0 Å².